The normalized spacial score (nSPS) is 12.4. The zero-order valence-electron chi connectivity index (χ0n) is 15.7. The van der Waals surface area contributed by atoms with E-state index in [1.807, 2.05) is 7.05 Å². The monoisotopic (exact) mass is 330 g/mol. The van der Waals surface area contributed by atoms with Crippen molar-refractivity contribution in [1.29, 1.82) is 0 Å². The Hall–Kier alpha value is -2.61. The summed E-state index contributed by atoms with van der Waals surface area (Å²) in [4.78, 5) is 4.59. The van der Waals surface area contributed by atoms with Crippen molar-refractivity contribution < 1.29 is 0 Å². The molecule has 3 rings (SSSR count). The third-order valence-electron chi connectivity index (χ3n) is 4.51. The predicted molar refractivity (Wildman–Crippen MR) is 110 cm³/mol. The molecule has 1 N–H and O–H groups in total. The average Bonchev–Trinajstić information content (AvgIpc) is 2.58. The number of nitrogens with zero attached hydrogens (tertiary/aromatic N) is 1. The molecule has 0 spiro atoms. The number of hydrogen-bond acceptors (Lipinski definition) is 2. The maximum Gasteiger partial charge on any atom is 0.0493 e. The van der Waals surface area contributed by atoms with Gasteiger partial charge >= 0.3 is 0 Å². The molecule has 0 amide bonds. The van der Waals surface area contributed by atoms with E-state index >= 15 is 0 Å². The fraction of sp³-hybridized carbons (Fsp3) is 0.261. The number of aliphatic imine (C=N–C) groups is 1. The van der Waals surface area contributed by atoms with Crippen molar-refractivity contribution in [3.8, 4) is 0 Å². The number of hydrogen-bond donors (Lipinski definition) is 1. The lowest BCUT2D eigenvalue weighted by atomic mass is 9.84. The van der Waals surface area contributed by atoms with Crippen LogP contribution in [0.15, 0.2) is 65.7 Å². The molecule has 2 nitrogen and oxygen atoms in total. The first kappa shape index (κ1) is 17.2. The number of rotatable bonds is 3. The Morgan fingerprint density at radius 3 is 2.28 bits per heavy atom. The van der Waals surface area contributed by atoms with Gasteiger partial charge in [0.2, 0.25) is 0 Å². The van der Waals surface area contributed by atoms with Crippen LogP contribution in [-0.2, 0) is 0 Å². The van der Waals surface area contributed by atoms with E-state index in [4.69, 9.17) is 0 Å². The van der Waals surface area contributed by atoms with Crippen LogP contribution < -0.4 is 5.32 Å². The maximum absolute atomic E-state index is 4.59. The summed E-state index contributed by atoms with van der Waals surface area (Å²) < 4.78 is 0. The van der Waals surface area contributed by atoms with Crippen molar-refractivity contribution >= 4 is 27.9 Å². The van der Waals surface area contributed by atoms with Gasteiger partial charge in [0.15, 0.2) is 0 Å². The van der Waals surface area contributed by atoms with Crippen molar-refractivity contribution in [3.05, 3.63) is 71.8 Å². The number of aryl methyl sites for hydroxylation is 1. The Bertz CT molecular complexity index is 930. The topological polar surface area (TPSA) is 24.4 Å². The highest BCUT2D eigenvalue weighted by molar-refractivity contribution is 6.09. The summed E-state index contributed by atoms with van der Waals surface area (Å²) >= 11 is 0. The van der Waals surface area contributed by atoms with Crippen LogP contribution in [0.4, 0.5) is 11.4 Å². The summed E-state index contributed by atoms with van der Waals surface area (Å²) in [5, 5.41) is 6.17. The molecule has 128 valence electrons. The van der Waals surface area contributed by atoms with Gasteiger partial charge in [-0.15, -0.1) is 0 Å². The molecule has 2 heteroatoms. The van der Waals surface area contributed by atoms with E-state index in [9.17, 15) is 0 Å². The molecular weight excluding hydrogens is 304 g/mol. The van der Waals surface area contributed by atoms with E-state index in [2.05, 4.69) is 98.7 Å². The van der Waals surface area contributed by atoms with Crippen LogP contribution in [0.3, 0.4) is 0 Å². The second kappa shape index (κ2) is 6.72. The molecular formula is C23H26N2. The quantitative estimate of drug-likeness (QED) is 0.555. The Kier molecular flexibility index (Phi) is 4.63. The number of anilines is 2. The molecule has 25 heavy (non-hydrogen) atoms. The molecule has 0 fully saturated rings. The molecule has 0 aliphatic rings. The van der Waals surface area contributed by atoms with E-state index in [0.717, 1.165) is 22.6 Å². The van der Waals surface area contributed by atoms with Gasteiger partial charge in [-0.2, -0.15) is 0 Å². The van der Waals surface area contributed by atoms with Crippen molar-refractivity contribution in [2.75, 3.05) is 12.4 Å². The summed E-state index contributed by atoms with van der Waals surface area (Å²) in [7, 11) is 1.88. The van der Waals surface area contributed by atoms with Gasteiger partial charge in [0.25, 0.3) is 0 Å². The molecule has 0 aliphatic carbocycles. The molecule has 3 aromatic rings. The molecule has 0 radical (unpaired) electrons. The predicted octanol–water partition coefficient (Wildman–Crippen LogP) is 6.36. The Labute approximate surface area is 150 Å². The standard InChI is InChI=1S/C23H26N2/c1-16-14-15-17-10-6-7-11-18(17)21(16)25-20-13-9-8-12-19(20)22(24-5)23(2,3)4/h6-15,25H,1-5H3. The number of fused-ring (bicyclic) bond motifs is 1. The van der Waals surface area contributed by atoms with E-state index in [0.29, 0.717) is 0 Å². The molecule has 0 bridgehead atoms. The average molecular weight is 330 g/mol. The molecule has 0 atom stereocenters. The highest BCUT2D eigenvalue weighted by atomic mass is 14.9. The van der Waals surface area contributed by atoms with Crippen molar-refractivity contribution in [2.45, 2.75) is 27.7 Å². The third-order valence-corrected chi connectivity index (χ3v) is 4.51. The minimum Gasteiger partial charge on any atom is -0.354 e. The van der Waals surface area contributed by atoms with Crippen molar-refractivity contribution in [1.82, 2.24) is 0 Å². The third kappa shape index (κ3) is 3.43. The zero-order valence-corrected chi connectivity index (χ0v) is 15.7. The molecule has 0 unspecified atom stereocenters. The molecule has 0 saturated heterocycles. The van der Waals surface area contributed by atoms with Gasteiger partial charge in [0.05, 0.1) is 0 Å². The van der Waals surface area contributed by atoms with Crippen molar-refractivity contribution in [2.24, 2.45) is 10.4 Å². The van der Waals surface area contributed by atoms with Crippen LogP contribution in [0.25, 0.3) is 10.8 Å². The van der Waals surface area contributed by atoms with E-state index in [1.165, 1.54) is 16.3 Å². The summed E-state index contributed by atoms with van der Waals surface area (Å²) in [6.45, 7) is 8.76. The van der Waals surface area contributed by atoms with Gasteiger partial charge in [-0.3, -0.25) is 4.99 Å². The van der Waals surface area contributed by atoms with Gasteiger partial charge < -0.3 is 5.32 Å². The van der Waals surface area contributed by atoms with Crippen molar-refractivity contribution in [3.63, 3.8) is 0 Å². The van der Waals surface area contributed by atoms with Crippen LogP contribution in [-0.4, -0.2) is 12.8 Å². The van der Waals surface area contributed by atoms with Crippen LogP contribution in [0.2, 0.25) is 0 Å². The first-order valence-electron chi connectivity index (χ1n) is 8.74. The zero-order chi connectivity index (χ0) is 18.0. The lowest BCUT2D eigenvalue weighted by molar-refractivity contribution is 0.591. The minimum atomic E-state index is -0.0136. The van der Waals surface area contributed by atoms with Gasteiger partial charge in [0, 0.05) is 40.5 Å². The second-order valence-corrected chi connectivity index (χ2v) is 7.47. The number of para-hydroxylation sites is 1. The van der Waals surface area contributed by atoms with Crippen LogP contribution >= 0.6 is 0 Å². The van der Waals surface area contributed by atoms with Gasteiger partial charge in [-0.05, 0) is 23.9 Å². The summed E-state index contributed by atoms with van der Waals surface area (Å²) in [6.07, 6.45) is 0. The highest BCUT2D eigenvalue weighted by Crippen LogP contribution is 2.33. The molecule has 0 aromatic heterocycles. The second-order valence-electron chi connectivity index (χ2n) is 7.47. The Balaban J connectivity index is 2.14. The van der Waals surface area contributed by atoms with Gasteiger partial charge in [-0.1, -0.05) is 75.4 Å². The smallest absolute Gasteiger partial charge is 0.0493 e. The summed E-state index contributed by atoms with van der Waals surface area (Å²) in [5.41, 5.74) is 5.74. The largest absolute Gasteiger partial charge is 0.354 e. The highest BCUT2D eigenvalue weighted by Gasteiger charge is 2.22. The van der Waals surface area contributed by atoms with E-state index < -0.39 is 0 Å². The Morgan fingerprint density at radius 1 is 0.880 bits per heavy atom. The Morgan fingerprint density at radius 2 is 1.56 bits per heavy atom. The fourth-order valence-corrected chi connectivity index (χ4v) is 3.34. The van der Waals surface area contributed by atoms with E-state index in [1.54, 1.807) is 0 Å². The summed E-state index contributed by atoms with van der Waals surface area (Å²) in [5.74, 6) is 0. The lowest BCUT2D eigenvalue weighted by Gasteiger charge is -2.24. The molecule has 0 aliphatic heterocycles. The lowest BCUT2D eigenvalue weighted by Crippen LogP contribution is -2.22. The van der Waals surface area contributed by atoms with E-state index in [-0.39, 0.29) is 5.41 Å². The molecule has 3 aromatic carbocycles. The molecule has 0 saturated carbocycles. The van der Waals surface area contributed by atoms with Gasteiger partial charge in [-0.25, -0.2) is 0 Å². The van der Waals surface area contributed by atoms with Crippen LogP contribution in [0, 0.1) is 12.3 Å². The SMILES string of the molecule is CN=C(c1ccccc1Nc1c(C)ccc2ccccc12)C(C)(C)C. The maximum atomic E-state index is 4.59. The molecule has 0 heterocycles. The number of nitrogens with one attached hydrogen (secondary N) is 1. The summed E-state index contributed by atoms with van der Waals surface area (Å²) in [6, 6.07) is 21.3. The van der Waals surface area contributed by atoms with Crippen LogP contribution in [0.1, 0.15) is 31.9 Å². The minimum absolute atomic E-state index is 0.0136. The fourth-order valence-electron chi connectivity index (χ4n) is 3.34. The number of benzene rings is 3. The first-order valence-corrected chi connectivity index (χ1v) is 8.74. The first-order chi connectivity index (χ1) is 11.9. The van der Waals surface area contributed by atoms with Gasteiger partial charge in [0.1, 0.15) is 0 Å². The van der Waals surface area contributed by atoms with Crippen LogP contribution in [0.5, 0.6) is 0 Å².